The number of fused-ring (bicyclic) bond motifs is 3. The van der Waals surface area contributed by atoms with Gasteiger partial charge in [0.2, 0.25) is 5.75 Å². The summed E-state index contributed by atoms with van der Waals surface area (Å²) in [5.74, 6) is 6.77. The Bertz CT molecular complexity index is 2310. The molecular formula is C58H84N6O10. The van der Waals surface area contributed by atoms with E-state index in [1.807, 2.05) is 24.3 Å². The minimum Gasteiger partial charge on any atom is -0.493 e. The summed E-state index contributed by atoms with van der Waals surface area (Å²) in [5.41, 5.74) is 9.65. The number of benzene rings is 4. The summed E-state index contributed by atoms with van der Waals surface area (Å²) in [6.07, 6.45) is 12.3. The molecule has 4 aromatic carbocycles. The van der Waals surface area contributed by atoms with Crippen LogP contribution in [0.3, 0.4) is 0 Å². The van der Waals surface area contributed by atoms with Crippen molar-refractivity contribution in [1.29, 1.82) is 0 Å². The van der Waals surface area contributed by atoms with E-state index in [1.54, 1.807) is 39.5 Å². The maximum absolute atomic E-state index is 10.4. The maximum Gasteiger partial charge on any atom is 0.203 e. The number of carbonyl (C=O) groups is 1. The second-order valence-corrected chi connectivity index (χ2v) is 19.9. The number of ether oxygens (including phenoxy) is 9. The van der Waals surface area contributed by atoms with Gasteiger partial charge in [-0.1, -0.05) is 12.1 Å². The van der Waals surface area contributed by atoms with Gasteiger partial charge in [0.25, 0.3) is 0 Å². The number of hydrogen-bond acceptors (Lipinski definition) is 16. The lowest BCUT2D eigenvalue weighted by atomic mass is 10.1. The molecule has 6 aliphatic rings. The van der Waals surface area contributed by atoms with Gasteiger partial charge in [0.15, 0.2) is 46.0 Å². The van der Waals surface area contributed by atoms with Crippen LogP contribution in [0.25, 0.3) is 0 Å². The topological polar surface area (TPSA) is 151 Å². The van der Waals surface area contributed by atoms with Crippen LogP contribution in [-0.2, 0) is 19.6 Å². The summed E-state index contributed by atoms with van der Waals surface area (Å²) in [6, 6.07) is 23.9. The van der Waals surface area contributed by atoms with Crippen molar-refractivity contribution in [2.45, 2.75) is 95.5 Å². The predicted molar refractivity (Wildman–Crippen MR) is 289 cm³/mol. The third-order valence-electron chi connectivity index (χ3n) is 14.7. The van der Waals surface area contributed by atoms with Gasteiger partial charge in [-0.15, -0.1) is 0 Å². The number of carbonyl (C=O) groups excluding carboxylic acids is 1. The van der Waals surface area contributed by atoms with Crippen molar-refractivity contribution >= 4 is 6.29 Å². The molecule has 3 saturated heterocycles. The van der Waals surface area contributed by atoms with Crippen LogP contribution < -0.4 is 53.7 Å². The SMILES string of the molecule is CN1CCCC1CCN.CN1CCCC1CCNCc1ccc2c(c1)OCCO2.COc1cc(CN(CCC2CCCN2C)Cc2ccc3c(c2)OCCO3)cc(OC)c1OC.O=Cc1ccc2c(c1)OCCO2. The Kier molecular flexibility index (Phi) is 22.5. The Labute approximate surface area is 440 Å². The van der Waals surface area contributed by atoms with Gasteiger partial charge in [-0.25, -0.2) is 0 Å². The summed E-state index contributed by atoms with van der Waals surface area (Å²) in [4.78, 5) is 20.3. The van der Waals surface area contributed by atoms with E-state index in [0.29, 0.717) is 80.0 Å². The number of likely N-dealkylation sites (tertiary alicyclic amines) is 3. The standard InChI is InChI=1S/C26H36N2O5.C16H24N2O2.C9H8O3.C7H16N2/c1-27-10-5-6-21(27)9-11-28(17-19-7-8-22-23(14-19)33-13-12-32-22)18-20-15-24(29-2)26(31-4)25(16-20)30-3;1-18-8-2-3-14(18)6-7-17-12-13-4-5-15-16(11-13)20-10-9-19-15;10-6-7-1-2-8-9(5-7)12-4-3-11-8;1-9-6-2-3-7(9)4-5-8/h7-8,14-16,21H,5-6,9-13,17-18H2,1-4H3;4-5,11,14,17H,2-3,6-10,12H2,1H3;1-2,5-6H,3-4H2;7H,2-6,8H2,1H3. The quantitative estimate of drug-likeness (QED) is 0.0740. The van der Waals surface area contributed by atoms with Crippen molar-refractivity contribution in [3.63, 3.8) is 0 Å². The van der Waals surface area contributed by atoms with Crippen LogP contribution in [0, 0.1) is 0 Å². The minimum absolute atomic E-state index is 0.551. The molecular weight excluding hydrogens is 941 g/mol. The number of rotatable bonds is 18. The Hall–Kier alpha value is -5.49. The molecule has 3 unspecified atom stereocenters. The highest BCUT2D eigenvalue weighted by atomic mass is 16.6. The first-order valence-electron chi connectivity index (χ1n) is 26.8. The molecule has 0 saturated carbocycles. The van der Waals surface area contributed by atoms with E-state index in [9.17, 15) is 4.79 Å². The van der Waals surface area contributed by atoms with Crippen LogP contribution in [0.5, 0.6) is 51.7 Å². The molecule has 406 valence electrons. The molecule has 0 aliphatic carbocycles. The summed E-state index contributed by atoms with van der Waals surface area (Å²) < 4.78 is 49.9. The molecule has 0 aromatic heterocycles. The largest absolute Gasteiger partial charge is 0.493 e. The molecule has 3 fully saturated rings. The van der Waals surface area contributed by atoms with E-state index in [1.165, 1.54) is 82.1 Å². The molecule has 3 N–H and O–H groups in total. The average Bonchev–Trinajstić information content (AvgIpc) is 4.18. The van der Waals surface area contributed by atoms with Gasteiger partial charge < -0.3 is 68.4 Å². The maximum atomic E-state index is 10.4. The molecule has 0 radical (unpaired) electrons. The van der Waals surface area contributed by atoms with Crippen molar-refractivity contribution in [2.24, 2.45) is 5.73 Å². The molecule has 16 heteroatoms. The van der Waals surface area contributed by atoms with Gasteiger partial charge in [-0.05, 0) is 183 Å². The van der Waals surface area contributed by atoms with Gasteiger partial charge in [0.1, 0.15) is 45.9 Å². The number of aldehydes is 1. The smallest absolute Gasteiger partial charge is 0.203 e. The van der Waals surface area contributed by atoms with Crippen LogP contribution >= 0.6 is 0 Å². The summed E-state index contributed by atoms with van der Waals surface area (Å²) in [5, 5.41) is 3.53. The molecule has 6 aliphatic heterocycles. The lowest BCUT2D eigenvalue weighted by Crippen LogP contribution is -2.31. The van der Waals surface area contributed by atoms with Crippen LogP contribution in [0.15, 0.2) is 66.7 Å². The Morgan fingerprint density at radius 2 is 1.03 bits per heavy atom. The van der Waals surface area contributed by atoms with Crippen LogP contribution in [0.2, 0.25) is 0 Å². The molecule has 10 rings (SSSR count). The second kappa shape index (κ2) is 29.6. The fourth-order valence-electron chi connectivity index (χ4n) is 10.5. The van der Waals surface area contributed by atoms with Crippen molar-refractivity contribution in [1.82, 2.24) is 24.9 Å². The van der Waals surface area contributed by atoms with Crippen molar-refractivity contribution < 1.29 is 47.4 Å². The normalized spacial score (nSPS) is 19.8. The third kappa shape index (κ3) is 16.5. The lowest BCUT2D eigenvalue weighted by Gasteiger charge is -2.27. The van der Waals surface area contributed by atoms with Gasteiger partial charge in [-0.2, -0.15) is 0 Å². The highest BCUT2D eigenvalue weighted by Crippen LogP contribution is 2.39. The third-order valence-corrected chi connectivity index (χ3v) is 14.7. The zero-order chi connectivity index (χ0) is 52.1. The fourth-order valence-corrected chi connectivity index (χ4v) is 10.5. The first-order chi connectivity index (χ1) is 36.2. The van der Waals surface area contributed by atoms with E-state index in [2.05, 4.69) is 70.3 Å². The average molecular weight is 1030 g/mol. The van der Waals surface area contributed by atoms with Gasteiger partial charge in [0.05, 0.1) is 21.3 Å². The zero-order valence-corrected chi connectivity index (χ0v) is 45.1. The number of methoxy groups -OCH3 is 3. The van der Waals surface area contributed by atoms with E-state index >= 15 is 0 Å². The monoisotopic (exact) mass is 1020 g/mol. The number of hydrogen-bond donors (Lipinski definition) is 2. The zero-order valence-electron chi connectivity index (χ0n) is 45.1. The van der Waals surface area contributed by atoms with Crippen LogP contribution in [-0.4, -0.2) is 165 Å². The van der Waals surface area contributed by atoms with Gasteiger partial charge in [-0.3, -0.25) is 9.69 Å². The van der Waals surface area contributed by atoms with Crippen LogP contribution in [0.4, 0.5) is 0 Å². The molecule has 4 aromatic rings. The molecule has 74 heavy (non-hydrogen) atoms. The molecule has 0 spiro atoms. The van der Waals surface area contributed by atoms with Crippen molar-refractivity contribution in [3.8, 4) is 51.7 Å². The van der Waals surface area contributed by atoms with Crippen molar-refractivity contribution in [2.75, 3.05) is 121 Å². The number of nitrogens with one attached hydrogen (secondary N) is 1. The molecule has 6 heterocycles. The van der Waals surface area contributed by atoms with E-state index in [0.717, 1.165) is 92.6 Å². The molecule has 0 amide bonds. The summed E-state index contributed by atoms with van der Waals surface area (Å²) in [7, 11) is 11.6. The molecule has 0 bridgehead atoms. The number of nitrogens with two attached hydrogens (primary N) is 1. The Balaban J connectivity index is 0.000000163. The first-order valence-corrected chi connectivity index (χ1v) is 26.8. The lowest BCUT2D eigenvalue weighted by molar-refractivity contribution is 0.112. The van der Waals surface area contributed by atoms with E-state index in [4.69, 9.17) is 48.4 Å². The number of nitrogens with zero attached hydrogens (tertiary/aromatic N) is 4. The van der Waals surface area contributed by atoms with Gasteiger partial charge in [0, 0.05) is 49.9 Å². The predicted octanol–water partition coefficient (Wildman–Crippen LogP) is 7.70. The summed E-state index contributed by atoms with van der Waals surface area (Å²) >= 11 is 0. The molecule has 16 nitrogen and oxygen atoms in total. The van der Waals surface area contributed by atoms with Crippen molar-refractivity contribution in [3.05, 3.63) is 89.0 Å². The minimum atomic E-state index is 0.551. The Morgan fingerprint density at radius 3 is 1.51 bits per heavy atom. The fraction of sp³-hybridized carbons (Fsp3) is 0.569. The first kappa shape index (κ1) is 56.2. The highest BCUT2D eigenvalue weighted by Gasteiger charge is 2.24. The molecule has 3 atom stereocenters. The Morgan fingerprint density at radius 1 is 0.568 bits per heavy atom. The van der Waals surface area contributed by atoms with E-state index < -0.39 is 0 Å². The second-order valence-electron chi connectivity index (χ2n) is 19.9. The summed E-state index contributed by atoms with van der Waals surface area (Å²) in [6.45, 7) is 12.8. The van der Waals surface area contributed by atoms with Crippen LogP contribution in [0.1, 0.15) is 84.8 Å². The highest BCUT2D eigenvalue weighted by molar-refractivity contribution is 5.76. The van der Waals surface area contributed by atoms with E-state index in [-0.39, 0.29) is 0 Å². The van der Waals surface area contributed by atoms with Gasteiger partial charge >= 0.3 is 0 Å².